The maximum atomic E-state index is 11.7. The molecule has 94 valence electrons. The number of hydrogen-bond acceptors (Lipinski definition) is 2. The number of carbonyl (C=O) groups is 1. The van der Waals surface area contributed by atoms with E-state index in [1.807, 2.05) is 0 Å². The summed E-state index contributed by atoms with van der Waals surface area (Å²) in [6.45, 7) is 5.45. The summed E-state index contributed by atoms with van der Waals surface area (Å²) < 4.78 is 0. The fourth-order valence-electron chi connectivity index (χ4n) is 2.11. The maximum Gasteiger partial charge on any atom is 0.223 e. The Morgan fingerprint density at radius 2 is 2.06 bits per heavy atom. The van der Waals surface area contributed by atoms with Crippen molar-refractivity contribution in [3.05, 3.63) is 0 Å². The summed E-state index contributed by atoms with van der Waals surface area (Å²) in [7, 11) is 0. The second-order valence-corrected chi connectivity index (χ2v) is 5.11. The van der Waals surface area contributed by atoms with Crippen LogP contribution in [0.3, 0.4) is 0 Å². The van der Waals surface area contributed by atoms with Gasteiger partial charge in [0.25, 0.3) is 0 Å². The van der Waals surface area contributed by atoms with Crippen LogP contribution in [0.4, 0.5) is 0 Å². The maximum absolute atomic E-state index is 11.7. The fourth-order valence-corrected chi connectivity index (χ4v) is 2.11. The standard InChI is InChI=1S/C13H25NO2/c1-3-4-5-6-7-11(2)8-13(16)14-9-12(15)10-14/h11-12,15H,3-10H2,1-2H3. The molecule has 0 aromatic rings. The molecule has 0 aliphatic carbocycles. The van der Waals surface area contributed by atoms with Gasteiger partial charge in [0.15, 0.2) is 0 Å². The van der Waals surface area contributed by atoms with Crippen molar-refractivity contribution < 1.29 is 9.90 Å². The second-order valence-electron chi connectivity index (χ2n) is 5.11. The number of β-amino-alcohol motifs (C(OH)–C–C–N with tert-alkyl or cyclic N) is 1. The summed E-state index contributed by atoms with van der Waals surface area (Å²) in [5.41, 5.74) is 0. The predicted molar refractivity (Wildman–Crippen MR) is 65.1 cm³/mol. The molecule has 1 N–H and O–H groups in total. The molecular formula is C13H25NO2. The molecule has 0 bridgehead atoms. The third kappa shape index (κ3) is 4.52. The number of aliphatic hydroxyl groups is 1. The SMILES string of the molecule is CCCCCCC(C)CC(=O)N1CC(O)C1. The van der Waals surface area contributed by atoms with Crippen LogP contribution < -0.4 is 0 Å². The first kappa shape index (κ1) is 13.5. The lowest BCUT2D eigenvalue weighted by Gasteiger charge is -2.36. The number of rotatable bonds is 7. The highest BCUT2D eigenvalue weighted by atomic mass is 16.3. The molecule has 1 amide bonds. The molecule has 1 aliphatic rings. The van der Waals surface area contributed by atoms with Gasteiger partial charge < -0.3 is 10.0 Å². The van der Waals surface area contributed by atoms with Gasteiger partial charge in [-0.05, 0) is 5.92 Å². The van der Waals surface area contributed by atoms with Crippen LogP contribution in [0.25, 0.3) is 0 Å². The summed E-state index contributed by atoms with van der Waals surface area (Å²) >= 11 is 0. The molecule has 0 spiro atoms. The highest BCUT2D eigenvalue weighted by molar-refractivity contribution is 5.77. The van der Waals surface area contributed by atoms with Gasteiger partial charge in [0, 0.05) is 19.5 Å². The van der Waals surface area contributed by atoms with Crippen LogP contribution in [-0.4, -0.2) is 35.1 Å². The van der Waals surface area contributed by atoms with E-state index in [0.717, 1.165) is 6.42 Å². The van der Waals surface area contributed by atoms with Crippen LogP contribution in [0.1, 0.15) is 52.4 Å². The van der Waals surface area contributed by atoms with Crippen molar-refractivity contribution in [1.29, 1.82) is 0 Å². The highest BCUT2D eigenvalue weighted by Crippen LogP contribution is 2.17. The van der Waals surface area contributed by atoms with Crippen LogP contribution in [0.5, 0.6) is 0 Å². The van der Waals surface area contributed by atoms with Gasteiger partial charge in [0.05, 0.1) is 6.10 Å². The van der Waals surface area contributed by atoms with Crippen LogP contribution in [0.2, 0.25) is 0 Å². The quantitative estimate of drug-likeness (QED) is 0.677. The van der Waals surface area contributed by atoms with Gasteiger partial charge in [-0.3, -0.25) is 4.79 Å². The molecule has 1 rings (SSSR count). The second kappa shape index (κ2) is 6.89. The average molecular weight is 227 g/mol. The van der Waals surface area contributed by atoms with Gasteiger partial charge in [0.2, 0.25) is 5.91 Å². The van der Waals surface area contributed by atoms with Crippen molar-refractivity contribution in [1.82, 2.24) is 4.90 Å². The van der Waals surface area contributed by atoms with Crippen molar-refractivity contribution in [3.63, 3.8) is 0 Å². The molecular weight excluding hydrogens is 202 g/mol. The zero-order chi connectivity index (χ0) is 12.0. The molecule has 3 nitrogen and oxygen atoms in total. The van der Waals surface area contributed by atoms with E-state index in [4.69, 9.17) is 5.11 Å². The Morgan fingerprint density at radius 3 is 2.62 bits per heavy atom. The summed E-state index contributed by atoms with van der Waals surface area (Å²) in [4.78, 5) is 13.4. The molecule has 0 aromatic heterocycles. The van der Waals surface area contributed by atoms with E-state index >= 15 is 0 Å². The molecule has 1 atom stereocenters. The lowest BCUT2D eigenvalue weighted by atomic mass is 9.98. The number of nitrogens with zero attached hydrogens (tertiary/aromatic N) is 1. The zero-order valence-electron chi connectivity index (χ0n) is 10.6. The molecule has 1 heterocycles. The number of unbranched alkanes of at least 4 members (excludes halogenated alkanes) is 3. The lowest BCUT2D eigenvalue weighted by molar-refractivity contribution is -0.142. The van der Waals surface area contributed by atoms with Gasteiger partial charge in [-0.15, -0.1) is 0 Å². The largest absolute Gasteiger partial charge is 0.389 e. The topological polar surface area (TPSA) is 40.5 Å². The van der Waals surface area contributed by atoms with Crippen molar-refractivity contribution >= 4 is 5.91 Å². The Balaban J connectivity index is 2.04. The number of likely N-dealkylation sites (tertiary alicyclic amines) is 1. The minimum Gasteiger partial charge on any atom is -0.389 e. The van der Waals surface area contributed by atoms with E-state index in [-0.39, 0.29) is 12.0 Å². The van der Waals surface area contributed by atoms with E-state index in [1.54, 1.807) is 4.90 Å². The van der Waals surface area contributed by atoms with Crippen molar-refractivity contribution in [2.24, 2.45) is 5.92 Å². The molecule has 1 fully saturated rings. The van der Waals surface area contributed by atoms with Gasteiger partial charge in [0.1, 0.15) is 0 Å². The molecule has 1 unspecified atom stereocenters. The van der Waals surface area contributed by atoms with E-state index < -0.39 is 0 Å². The molecule has 16 heavy (non-hydrogen) atoms. The van der Waals surface area contributed by atoms with Gasteiger partial charge in [-0.1, -0.05) is 46.0 Å². The number of hydrogen-bond donors (Lipinski definition) is 1. The van der Waals surface area contributed by atoms with Crippen molar-refractivity contribution in [3.8, 4) is 0 Å². The Morgan fingerprint density at radius 1 is 1.38 bits per heavy atom. The van der Waals surface area contributed by atoms with Crippen LogP contribution >= 0.6 is 0 Å². The monoisotopic (exact) mass is 227 g/mol. The first-order chi connectivity index (χ1) is 7.63. The molecule has 0 radical (unpaired) electrons. The molecule has 0 aromatic carbocycles. The van der Waals surface area contributed by atoms with Gasteiger partial charge >= 0.3 is 0 Å². The fraction of sp³-hybridized carbons (Fsp3) is 0.923. The van der Waals surface area contributed by atoms with Gasteiger partial charge in [-0.25, -0.2) is 0 Å². The minimum atomic E-state index is -0.274. The molecule has 0 saturated carbocycles. The first-order valence-electron chi connectivity index (χ1n) is 6.59. The minimum absolute atomic E-state index is 0.216. The third-order valence-electron chi connectivity index (χ3n) is 3.29. The summed E-state index contributed by atoms with van der Waals surface area (Å²) in [6, 6.07) is 0. The lowest BCUT2D eigenvalue weighted by Crippen LogP contribution is -2.53. The number of amides is 1. The summed E-state index contributed by atoms with van der Waals surface area (Å²) in [5.74, 6) is 0.704. The normalized spacial score (nSPS) is 18.3. The van der Waals surface area contributed by atoms with E-state index in [1.165, 1.54) is 25.7 Å². The number of aliphatic hydroxyl groups excluding tert-OH is 1. The Kier molecular flexibility index (Phi) is 5.81. The molecule has 1 saturated heterocycles. The Bertz CT molecular complexity index is 212. The molecule has 3 heteroatoms. The molecule has 1 aliphatic heterocycles. The summed E-state index contributed by atoms with van der Waals surface area (Å²) in [5, 5.41) is 9.11. The van der Waals surface area contributed by atoms with E-state index in [9.17, 15) is 4.79 Å². The summed E-state index contributed by atoms with van der Waals surface area (Å²) in [6.07, 6.45) is 6.63. The third-order valence-corrected chi connectivity index (χ3v) is 3.29. The van der Waals surface area contributed by atoms with Gasteiger partial charge in [-0.2, -0.15) is 0 Å². The smallest absolute Gasteiger partial charge is 0.223 e. The Hall–Kier alpha value is -0.570. The van der Waals surface area contributed by atoms with E-state index in [0.29, 0.717) is 25.4 Å². The zero-order valence-corrected chi connectivity index (χ0v) is 10.6. The van der Waals surface area contributed by atoms with Crippen LogP contribution in [-0.2, 0) is 4.79 Å². The average Bonchev–Trinajstić information content (AvgIpc) is 2.20. The van der Waals surface area contributed by atoms with Crippen LogP contribution in [0.15, 0.2) is 0 Å². The van der Waals surface area contributed by atoms with Crippen molar-refractivity contribution in [2.75, 3.05) is 13.1 Å². The van der Waals surface area contributed by atoms with Crippen LogP contribution in [0, 0.1) is 5.92 Å². The number of carbonyl (C=O) groups excluding carboxylic acids is 1. The Labute approximate surface area is 98.8 Å². The van der Waals surface area contributed by atoms with E-state index in [2.05, 4.69) is 13.8 Å². The first-order valence-corrected chi connectivity index (χ1v) is 6.59. The highest BCUT2D eigenvalue weighted by Gasteiger charge is 2.28. The predicted octanol–water partition coefficient (Wildman–Crippen LogP) is 2.19. The van der Waals surface area contributed by atoms with Crippen molar-refractivity contribution in [2.45, 2.75) is 58.5 Å².